The van der Waals surface area contributed by atoms with Crippen LogP contribution in [0.5, 0.6) is 11.5 Å². The van der Waals surface area contributed by atoms with Gasteiger partial charge in [-0.25, -0.2) is 0 Å². The third kappa shape index (κ3) is 3.52. The van der Waals surface area contributed by atoms with Crippen molar-refractivity contribution in [2.75, 3.05) is 18.9 Å². The van der Waals surface area contributed by atoms with Crippen LogP contribution in [0.3, 0.4) is 0 Å². The van der Waals surface area contributed by atoms with E-state index in [0.717, 1.165) is 10.7 Å². The van der Waals surface area contributed by atoms with Crippen molar-refractivity contribution in [3.8, 4) is 22.8 Å². The maximum atomic E-state index is 12.8. The van der Waals surface area contributed by atoms with E-state index in [1.54, 1.807) is 19.1 Å². The average molecular weight is 329 g/mol. The Bertz CT molecular complexity index is 696. The second-order valence-corrected chi connectivity index (χ2v) is 4.79. The van der Waals surface area contributed by atoms with Crippen molar-refractivity contribution in [3.05, 3.63) is 23.9 Å². The zero-order chi connectivity index (χ0) is 17.2. The molecule has 0 spiro atoms. The van der Waals surface area contributed by atoms with Crippen molar-refractivity contribution in [2.45, 2.75) is 20.0 Å². The van der Waals surface area contributed by atoms with Gasteiger partial charge in [0, 0.05) is 24.4 Å². The first kappa shape index (κ1) is 17.0. The van der Waals surface area contributed by atoms with Crippen molar-refractivity contribution in [2.24, 2.45) is 7.05 Å². The second-order valence-electron chi connectivity index (χ2n) is 4.79. The smallest absolute Gasteiger partial charge is 0.435 e. The van der Waals surface area contributed by atoms with Crippen molar-refractivity contribution < 1.29 is 22.6 Å². The summed E-state index contributed by atoms with van der Waals surface area (Å²) in [7, 11) is 1.43. The monoisotopic (exact) mass is 329 g/mol. The molecule has 8 heteroatoms. The number of nitrogen functional groups attached to an aromatic ring is 1. The number of aromatic nitrogens is 2. The molecule has 0 saturated heterocycles. The van der Waals surface area contributed by atoms with Gasteiger partial charge in [-0.3, -0.25) is 4.68 Å². The lowest BCUT2D eigenvalue weighted by atomic mass is 10.1. The molecule has 2 aromatic rings. The summed E-state index contributed by atoms with van der Waals surface area (Å²) in [6.45, 7) is 4.43. The zero-order valence-corrected chi connectivity index (χ0v) is 13.1. The molecule has 0 radical (unpaired) electrons. The summed E-state index contributed by atoms with van der Waals surface area (Å²) in [5.74, 6) is 0.877. The normalized spacial score (nSPS) is 11.6. The van der Waals surface area contributed by atoms with Crippen LogP contribution in [0, 0.1) is 0 Å². The summed E-state index contributed by atoms with van der Waals surface area (Å²) >= 11 is 0. The molecule has 0 aliphatic heterocycles. The van der Waals surface area contributed by atoms with E-state index in [0.29, 0.717) is 30.3 Å². The van der Waals surface area contributed by atoms with Crippen LogP contribution in [-0.2, 0) is 13.2 Å². The Morgan fingerprint density at radius 2 is 1.65 bits per heavy atom. The molecule has 2 N–H and O–H groups in total. The van der Waals surface area contributed by atoms with Crippen molar-refractivity contribution in [1.82, 2.24) is 9.78 Å². The number of rotatable bonds is 5. The van der Waals surface area contributed by atoms with Crippen LogP contribution in [0.4, 0.5) is 18.9 Å². The fraction of sp³-hybridized carbons (Fsp3) is 0.400. The highest BCUT2D eigenvalue weighted by atomic mass is 19.4. The fourth-order valence-electron chi connectivity index (χ4n) is 2.19. The number of ether oxygens (including phenoxy) is 2. The SMILES string of the molecule is CCOc1cc(N)c(-c2cc(C(F)(F)F)nn2C)cc1OCC. The Morgan fingerprint density at radius 3 is 2.13 bits per heavy atom. The van der Waals surface area contributed by atoms with Crippen LogP contribution >= 0.6 is 0 Å². The van der Waals surface area contributed by atoms with Gasteiger partial charge < -0.3 is 15.2 Å². The van der Waals surface area contributed by atoms with Gasteiger partial charge in [0.1, 0.15) is 0 Å². The van der Waals surface area contributed by atoms with Crippen LogP contribution < -0.4 is 15.2 Å². The van der Waals surface area contributed by atoms with Crippen LogP contribution in [0.2, 0.25) is 0 Å². The van der Waals surface area contributed by atoms with E-state index < -0.39 is 11.9 Å². The molecule has 23 heavy (non-hydrogen) atoms. The van der Waals surface area contributed by atoms with E-state index in [2.05, 4.69) is 5.10 Å². The summed E-state index contributed by atoms with van der Waals surface area (Å²) < 4.78 is 50.5. The molecule has 0 amide bonds. The van der Waals surface area contributed by atoms with Gasteiger partial charge in [-0.1, -0.05) is 0 Å². The topological polar surface area (TPSA) is 62.3 Å². The van der Waals surface area contributed by atoms with Gasteiger partial charge in [-0.05, 0) is 26.0 Å². The highest BCUT2D eigenvalue weighted by Crippen LogP contribution is 2.39. The zero-order valence-electron chi connectivity index (χ0n) is 13.1. The number of alkyl halides is 3. The minimum Gasteiger partial charge on any atom is -0.490 e. The summed E-state index contributed by atoms with van der Waals surface area (Å²) in [5, 5.41) is 3.50. The third-order valence-electron chi connectivity index (χ3n) is 3.16. The number of hydrogen-bond acceptors (Lipinski definition) is 4. The summed E-state index contributed by atoms with van der Waals surface area (Å²) in [4.78, 5) is 0. The maximum Gasteiger partial charge on any atom is 0.435 e. The molecule has 126 valence electrons. The Hall–Kier alpha value is -2.38. The lowest BCUT2D eigenvalue weighted by Crippen LogP contribution is -2.06. The Balaban J connectivity index is 2.55. The van der Waals surface area contributed by atoms with E-state index in [1.807, 2.05) is 6.92 Å². The van der Waals surface area contributed by atoms with E-state index in [9.17, 15) is 13.2 Å². The number of benzene rings is 1. The van der Waals surface area contributed by atoms with Crippen LogP contribution in [0.25, 0.3) is 11.3 Å². The van der Waals surface area contributed by atoms with E-state index in [-0.39, 0.29) is 11.4 Å². The first-order valence-electron chi connectivity index (χ1n) is 7.08. The van der Waals surface area contributed by atoms with Crippen molar-refractivity contribution in [3.63, 3.8) is 0 Å². The highest BCUT2D eigenvalue weighted by molar-refractivity contribution is 5.78. The molecule has 0 aliphatic carbocycles. The number of nitrogens with two attached hydrogens (primary N) is 1. The Labute approximate surface area is 131 Å². The Morgan fingerprint density at radius 1 is 1.09 bits per heavy atom. The molecule has 0 aliphatic rings. The first-order chi connectivity index (χ1) is 10.8. The third-order valence-corrected chi connectivity index (χ3v) is 3.16. The minimum atomic E-state index is -4.52. The summed E-state index contributed by atoms with van der Waals surface area (Å²) in [6, 6.07) is 4.08. The van der Waals surface area contributed by atoms with Gasteiger partial charge in [0.15, 0.2) is 17.2 Å². The standard InChI is InChI=1S/C15H18F3N3O2/c1-4-22-12-6-9(10(19)7-13(12)23-5-2)11-8-14(15(16,17)18)20-21(11)3/h6-8H,4-5,19H2,1-3H3. The second kappa shape index (κ2) is 6.39. The molecule has 0 unspecified atom stereocenters. The van der Waals surface area contributed by atoms with E-state index in [1.165, 1.54) is 7.05 Å². The number of hydrogen-bond donors (Lipinski definition) is 1. The van der Waals surface area contributed by atoms with Crippen molar-refractivity contribution >= 4 is 5.69 Å². The van der Waals surface area contributed by atoms with Crippen LogP contribution in [-0.4, -0.2) is 23.0 Å². The molecule has 1 aromatic heterocycles. The van der Waals surface area contributed by atoms with Gasteiger partial charge in [-0.15, -0.1) is 0 Å². The summed E-state index contributed by atoms with van der Waals surface area (Å²) in [5.41, 5.74) is 5.95. The number of aryl methyl sites for hydroxylation is 1. The van der Waals surface area contributed by atoms with Crippen LogP contribution in [0.15, 0.2) is 18.2 Å². The fourth-order valence-corrected chi connectivity index (χ4v) is 2.19. The molecule has 5 nitrogen and oxygen atoms in total. The molecule has 2 rings (SSSR count). The summed E-state index contributed by atoms with van der Waals surface area (Å²) in [6.07, 6.45) is -4.52. The molecular weight excluding hydrogens is 311 g/mol. The predicted molar refractivity (Wildman–Crippen MR) is 80.4 cm³/mol. The van der Waals surface area contributed by atoms with Gasteiger partial charge in [0.05, 0.1) is 18.9 Å². The molecule has 0 saturated carbocycles. The minimum absolute atomic E-state index is 0.249. The van der Waals surface area contributed by atoms with Gasteiger partial charge in [-0.2, -0.15) is 18.3 Å². The highest BCUT2D eigenvalue weighted by Gasteiger charge is 2.35. The molecule has 1 aromatic carbocycles. The molecule has 0 fully saturated rings. The van der Waals surface area contributed by atoms with E-state index in [4.69, 9.17) is 15.2 Å². The van der Waals surface area contributed by atoms with Gasteiger partial charge in [0.25, 0.3) is 0 Å². The molecule has 0 atom stereocenters. The van der Waals surface area contributed by atoms with Gasteiger partial charge >= 0.3 is 6.18 Å². The molecule has 1 heterocycles. The predicted octanol–water partition coefficient (Wildman–Crippen LogP) is 3.49. The van der Waals surface area contributed by atoms with E-state index >= 15 is 0 Å². The molecule has 0 bridgehead atoms. The lowest BCUT2D eigenvalue weighted by molar-refractivity contribution is -0.141. The maximum absolute atomic E-state index is 12.8. The van der Waals surface area contributed by atoms with Crippen molar-refractivity contribution in [1.29, 1.82) is 0 Å². The van der Waals surface area contributed by atoms with Gasteiger partial charge in [0.2, 0.25) is 0 Å². The van der Waals surface area contributed by atoms with Crippen LogP contribution in [0.1, 0.15) is 19.5 Å². The first-order valence-corrected chi connectivity index (χ1v) is 7.08. The lowest BCUT2D eigenvalue weighted by Gasteiger charge is -2.14. The molecular formula is C15H18F3N3O2. The number of halogens is 3. The number of nitrogens with zero attached hydrogens (tertiary/aromatic N) is 2. The number of anilines is 1. The Kier molecular flexibility index (Phi) is 4.72. The largest absolute Gasteiger partial charge is 0.490 e. The quantitative estimate of drug-likeness (QED) is 0.853. The average Bonchev–Trinajstić information content (AvgIpc) is 2.84.